The first-order valence-electron chi connectivity index (χ1n) is 4.87. The van der Waals surface area contributed by atoms with E-state index >= 15 is 0 Å². The SMILES string of the molecule is CC1CC[CH]C(C)(C)C(C)C1. The van der Waals surface area contributed by atoms with Crippen LogP contribution >= 0.6 is 0 Å². The van der Waals surface area contributed by atoms with Crippen LogP contribution in [0, 0.1) is 23.7 Å². The third-order valence-corrected chi connectivity index (χ3v) is 3.36. The van der Waals surface area contributed by atoms with Gasteiger partial charge in [-0.25, -0.2) is 0 Å². The molecule has 1 aliphatic carbocycles. The highest BCUT2D eigenvalue weighted by atomic mass is 14.3. The van der Waals surface area contributed by atoms with Gasteiger partial charge in [0.05, 0.1) is 0 Å². The minimum Gasteiger partial charge on any atom is -0.0625 e. The van der Waals surface area contributed by atoms with E-state index in [1.807, 2.05) is 0 Å². The molecule has 0 nitrogen and oxygen atoms in total. The highest BCUT2D eigenvalue weighted by molar-refractivity contribution is 4.92. The Labute approximate surface area is 71.4 Å². The van der Waals surface area contributed by atoms with Crippen molar-refractivity contribution in [1.29, 1.82) is 0 Å². The molecule has 0 spiro atoms. The van der Waals surface area contributed by atoms with Crippen molar-refractivity contribution in [2.75, 3.05) is 0 Å². The lowest BCUT2D eigenvalue weighted by Crippen LogP contribution is -2.21. The molecule has 0 bridgehead atoms. The summed E-state index contributed by atoms with van der Waals surface area (Å²) in [5.74, 6) is 1.79. The maximum Gasteiger partial charge on any atom is -0.0297 e. The highest BCUT2D eigenvalue weighted by Crippen LogP contribution is 2.39. The van der Waals surface area contributed by atoms with Crippen LogP contribution in [0.4, 0.5) is 0 Å². The van der Waals surface area contributed by atoms with Gasteiger partial charge < -0.3 is 0 Å². The topological polar surface area (TPSA) is 0 Å². The Morgan fingerprint density at radius 2 is 1.91 bits per heavy atom. The van der Waals surface area contributed by atoms with Crippen molar-refractivity contribution in [3.8, 4) is 0 Å². The van der Waals surface area contributed by atoms with E-state index in [0.29, 0.717) is 5.41 Å². The second-order valence-corrected chi connectivity index (χ2v) is 4.84. The Morgan fingerprint density at radius 3 is 2.55 bits per heavy atom. The zero-order chi connectivity index (χ0) is 8.48. The van der Waals surface area contributed by atoms with Gasteiger partial charge in [-0.05, 0) is 36.5 Å². The first-order chi connectivity index (χ1) is 5.02. The molecule has 0 heterocycles. The van der Waals surface area contributed by atoms with E-state index < -0.39 is 0 Å². The van der Waals surface area contributed by atoms with Crippen LogP contribution in [0.5, 0.6) is 0 Å². The summed E-state index contributed by atoms with van der Waals surface area (Å²) < 4.78 is 0. The first-order valence-corrected chi connectivity index (χ1v) is 4.87. The van der Waals surface area contributed by atoms with E-state index in [2.05, 4.69) is 34.1 Å². The first kappa shape index (κ1) is 9.09. The Hall–Kier alpha value is 0. The van der Waals surface area contributed by atoms with Gasteiger partial charge in [0.25, 0.3) is 0 Å². The Morgan fingerprint density at radius 1 is 1.27 bits per heavy atom. The van der Waals surface area contributed by atoms with Crippen LogP contribution < -0.4 is 0 Å². The van der Waals surface area contributed by atoms with Gasteiger partial charge in [0, 0.05) is 0 Å². The fourth-order valence-corrected chi connectivity index (χ4v) is 1.97. The van der Waals surface area contributed by atoms with E-state index in [-0.39, 0.29) is 0 Å². The molecule has 0 aromatic carbocycles. The molecule has 65 valence electrons. The zero-order valence-corrected chi connectivity index (χ0v) is 8.35. The third kappa shape index (κ3) is 2.21. The standard InChI is InChI=1S/C11H21/c1-9-6-5-7-11(3,4)10(2)8-9/h7,9-10H,5-6,8H2,1-4H3. The number of hydrogen-bond donors (Lipinski definition) is 0. The van der Waals surface area contributed by atoms with Crippen LogP contribution in [0.3, 0.4) is 0 Å². The van der Waals surface area contributed by atoms with E-state index in [4.69, 9.17) is 0 Å². The van der Waals surface area contributed by atoms with Crippen LogP contribution in [-0.2, 0) is 0 Å². The van der Waals surface area contributed by atoms with Crippen molar-refractivity contribution in [2.45, 2.75) is 47.0 Å². The Bertz CT molecular complexity index is 124. The molecule has 2 unspecified atom stereocenters. The van der Waals surface area contributed by atoms with E-state index in [1.54, 1.807) is 0 Å². The van der Waals surface area contributed by atoms with Crippen LogP contribution in [0.1, 0.15) is 47.0 Å². The fourth-order valence-electron chi connectivity index (χ4n) is 1.97. The summed E-state index contributed by atoms with van der Waals surface area (Å²) in [5.41, 5.74) is 0.477. The molecule has 11 heavy (non-hydrogen) atoms. The predicted molar refractivity (Wildman–Crippen MR) is 50.3 cm³/mol. The molecule has 0 aliphatic heterocycles. The molecular formula is C11H21. The summed E-state index contributed by atoms with van der Waals surface area (Å²) in [7, 11) is 0. The smallest absolute Gasteiger partial charge is 0.0297 e. The molecule has 0 aromatic rings. The van der Waals surface area contributed by atoms with Crippen LogP contribution in [0.2, 0.25) is 0 Å². The van der Waals surface area contributed by atoms with Gasteiger partial charge in [-0.3, -0.25) is 0 Å². The minimum atomic E-state index is 0.477. The summed E-state index contributed by atoms with van der Waals surface area (Å²) in [6.45, 7) is 9.51. The average molecular weight is 153 g/mol. The fraction of sp³-hybridized carbons (Fsp3) is 0.909. The van der Waals surface area contributed by atoms with Crippen molar-refractivity contribution in [3.05, 3.63) is 6.42 Å². The molecule has 1 saturated carbocycles. The molecule has 0 N–H and O–H groups in total. The lowest BCUT2D eigenvalue weighted by Gasteiger charge is -2.29. The van der Waals surface area contributed by atoms with E-state index in [1.165, 1.54) is 19.3 Å². The van der Waals surface area contributed by atoms with Gasteiger partial charge in [-0.2, -0.15) is 0 Å². The van der Waals surface area contributed by atoms with Crippen LogP contribution in [0.15, 0.2) is 0 Å². The van der Waals surface area contributed by atoms with Crippen molar-refractivity contribution in [3.63, 3.8) is 0 Å². The molecule has 1 radical (unpaired) electrons. The Kier molecular flexibility index (Phi) is 2.61. The second kappa shape index (κ2) is 3.16. The van der Waals surface area contributed by atoms with Crippen LogP contribution in [-0.4, -0.2) is 0 Å². The minimum absolute atomic E-state index is 0.477. The van der Waals surface area contributed by atoms with Crippen molar-refractivity contribution >= 4 is 0 Å². The molecule has 0 aromatic heterocycles. The molecule has 1 aliphatic rings. The van der Waals surface area contributed by atoms with Gasteiger partial charge in [-0.15, -0.1) is 0 Å². The average Bonchev–Trinajstić information content (AvgIpc) is 1.94. The van der Waals surface area contributed by atoms with Gasteiger partial charge in [0.2, 0.25) is 0 Å². The van der Waals surface area contributed by atoms with Gasteiger partial charge in [-0.1, -0.05) is 34.1 Å². The second-order valence-electron chi connectivity index (χ2n) is 4.84. The molecule has 1 rings (SSSR count). The molecule has 2 atom stereocenters. The van der Waals surface area contributed by atoms with Gasteiger partial charge in [0.1, 0.15) is 0 Å². The lowest BCUT2D eigenvalue weighted by molar-refractivity contribution is 0.254. The quantitative estimate of drug-likeness (QED) is 0.466. The summed E-state index contributed by atoms with van der Waals surface area (Å²) in [6.07, 6.45) is 6.64. The van der Waals surface area contributed by atoms with Crippen molar-refractivity contribution in [2.24, 2.45) is 17.3 Å². The van der Waals surface area contributed by atoms with Crippen molar-refractivity contribution in [1.82, 2.24) is 0 Å². The molecule has 0 heteroatoms. The lowest BCUT2D eigenvalue weighted by atomic mass is 9.76. The molecule has 0 saturated heterocycles. The third-order valence-electron chi connectivity index (χ3n) is 3.36. The normalized spacial score (nSPS) is 38.2. The van der Waals surface area contributed by atoms with Crippen LogP contribution in [0.25, 0.3) is 0 Å². The van der Waals surface area contributed by atoms with Crippen molar-refractivity contribution < 1.29 is 0 Å². The van der Waals surface area contributed by atoms with E-state index in [9.17, 15) is 0 Å². The van der Waals surface area contributed by atoms with Gasteiger partial charge >= 0.3 is 0 Å². The Balaban J connectivity index is 2.58. The maximum atomic E-state index is 2.52. The summed E-state index contributed by atoms with van der Waals surface area (Å²) >= 11 is 0. The summed E-state index contributed by atoms with van der Waals surface area (Å²) in [4.78, 5) is 0. The molecule has 0 amide bonds. The van der Waals surface area contributed by atoms with E-state index in [0.717, 1.165) is 11.8 Å². The maximum absolute atomic E-state index is 2.52. The summed E-state index contributed by atoms with van der Waals surface area (Å²) in [5, 5.41) is 0. The summed E-state index contributed by atoms with van der Waals surface area (Å²) in [6, 6.07) is 0. The highest BCUT2D eigenvalue weighted by Gasteiger charge is 2.29. The predicted octanol–water partition coefficient (Wildman–Crippen LogP) is 3.67. The number of hydrogen-bond acceptors (Lipinski definition) is 0. The molecular weight excluding hydrogens is 132 g/mol. The monoisotopic (exact) mass is 153 g/mol. The number of rotatable bonds is 0. The zero-order valence-electron chi connectivity index (χ0n) is 8.35. The molecule has 1 fully saturated rings. The largest absolute Gasteiger partial charge is 0.0625 e. The van der Waals surface area contributed by atoms with Gasteiger partial charge in [0.15, 0.2) is 0 Å².